The number of aryl methyl sites for hydroxylation is 1. The lowest BCUT2D eigenvalue weighted by molar-refractivity contribution is 0.254. The van der Waals surface area contributed by atoms with Gasteiger partial charge in [0.15, 0.2) is 0 Å². The van der Waals surface area contributed by atoms with Gasteiger partial charge >= 0.3 is 6.03 Å². The molecule has 4 aromatic rings. The van der Waals surface area contributed by atoms with E-state index >= 15 is 0 Å². The maximum atomic E-state index is 12.8. The molecule has 2 heterocycles. The molecule has 0 aliphatic carbocycles. The van der Waals surface area contributed by atoms with Gasteiger partial charge < -0.3 is 20.1 Å². The number of rotatable bonds is 6. The lowest BCUT2D eigenvalue weighted by atomic mass is 10.2. The maximum absolute atomic E-state index is 12.8. The fourth-order valence-electron chi connectivity index (χ4n) is 3.33. The van der Waals surface area contributed by atoms with Gasteiger partial charge in [0.2, 0.25) is 5.88 Å². The smallest absolute Gasteiger partial charge is 0.330 e. The Kier molecular flexibility index (Phi) is 5.81. The SMILES string of the molecule is CNCc1cc(Oc2ccc3c(ccn3C(=O)Nc3ccc(OC)c(C)c3)c2)ncn1. The highest BCUT2D eigenvalue weighted by Gasteiger charge is 2.11. The average Bonchev–Trinajstić information content (AvgIpc) is 3.18. The number of carbonyl (C=O) groups excluding carboxylic acids is 1. The van der Waals surface area contributed by atoms with Crippen molar-refractivity contribution in [3.63, 3.8) is 0 Å². The molecule has 0 saturated heterocycles. The number of ether oxygens (including phenoxy) is 2. The zero-order valence-corrected chi connectivity index (χ0v) is 17.5. The number of carbonyl (C=O) groups is 1. The lowest BCUT2D eigenvalue weighted by Gasteiger charge is -2.10. The van der Waals surface area contributed by atoms with Gasteiger partial charge in [-0.15, -0.1) is 0 Å². The van der Waals surface area contributed by atoms with Crippen molar-refractivity contribution < 1.29 is 14.3 Å². The molecule has 2 aromatic carbocycles. The predicted octanol–water partition coefficient (Wildman–Crippen LogP) is 4.34. The Labute approximate surface area is 179 Å². The first kappa shape index (κ1) is 20.4. The quantitative estimate of drug-likeness (QED) is 0.485. The Morgan fingerprint density at radius 1 is 1.10 bits per heavy atom. The van der Waals surface area contributed by atoms with E-state index < -0.39 is 0 Å². The number of methoxy groups -OCH3 is 1. The van der Waals surface area contributed by atoms with Crippen molar-refractivity contribution in [1.82, 2.24) is 19.9 Å². The van der Waals surface area contributed by atoms with E-state index in [1.807, 2.05) is 56.4 Å². The van der Waals surface area contributed by atoms with Gasteiger partial charge in [0.1, 0.15) is 17.8 Å². The second-order valence-electron chi connectivity index (χ2n) is 7.00. The molecule has 2 N–H and O–H groups in total. The summed E-state index contributed by atoms with van der Waals surface area (Å²) in [4.78, 5) is 21.1. The molecule has 0 unspecified atom stereocenters. The second-order valence-corrected chi connectivity index (χ2v) is 7.00. The van der Waals surface area contributed by atoms with Crippen molar-refractivity contribution >= 4 is 22.6 Å². The van der Waals surface area contributed by atoms with Crippen LogP contribution in [0.3, 0.4) is 0 Å². The Hall–Kier alpha value is -3.91. The largest absolute Gasteiger partial charge is 0.496 e. The fourth-order valence-corrected chi connectivity index (χ4v) is 3.33. The highest BCUT2D eigenvalue weighted by molar-refractivity contribution is 5.98. The molecule has 0 saturated carbocycles. The molecule has 0 radical (unpaired) electrons. The van der Waals surface area contributed by atoms with Crippen LogP contribution in [0.5, 0.6) is 17.4 Å². The Morgan fingerprint density at radius 3 is 2.74 bits per heavy atom. The van der Waals surface area contributed by atoms with E-state index in [0.29, 0.717) is 23.9 Å². The number of nitrogens with zero attached hydrogens (tertiary/aromatic N) is 3. The van der Waals surface area contributed by atoms with Gasteiger partial charge in [-0.2, -0.15) is 0 Å². The van der Waals surface area contributed by atoms with Crippen molar-refractivity contribution in [2.75, 3.05) is 19.5 Å². The summed E-state index contributed by atoms with van der Waals surface area (Å²) in [5.41, 5.74) is 3.26. The predicted molar refractivity (Wildman–Crippen MR) is 119 cm³/mol. The number of amides is 1. The first-order chi connectivity index (χ1) is 15.1. The van der Waals surface area contributed by atoms with Gasteiger partial charge in [0, 0.05) is 29.9 Å². The third-order valence-electron chi connectivity index (χ3n) is 4.81. The zero-order valence-electron chi connectivity index (χ0n) is 17.5. The monoisotopic (exact) mass is 417 g/mol. The van der Waals surface area contributed by atoms with E-state index in [0.717, 1.165) is 27.9 Å². The van der Waals surface area contributed by atoms with Gasteiger partial charge in [0.25, 0.3) is 0 Å². The van der Waals surface area contributed by atoms with Crippen molar-refractivity contribution in [3.8, 4) is 17.4 Å². The third kappa shape index (κ3) is 4.49. The van der Waals surface area contributed by atoms with Crippen LogP contribution >= 0.6 is 0 Å². The van der Waals surface area contributed by atoms with Crippen LogP contribution in [0.1, 0.15) is 11.3 Å². The first-order valence-corrected chi connectivity index (χ1v) is 9.78. The van der Waals surface area contributed by atoms with Gasteiger partial charge in [0.05, 0.1) is 18.3 Å². The maximum Gasteiger partial charge on any atom is 0.330 e. The summed E-state index contributed by atoms with van der Waals surface area (Å²) in [5.74, 6) is 1.87. The third-order valence-corrected chi connectivity index (χ3v) is 4.81. The van der Waals surface area contributed by atoms with Gasteiger partial charge in [-0.05, 0) is 62.0 Å². The van der Waals surface area contributed by atoms with Crippen LogP contribution in [-0.4, -0.2) is 34.7 Å². The molecule has 31 heavy (non-hydrogen) atoms. The van der Waals surface area contributed by atoms with E-state index in [1.54, 1.807) is 23.9 Å². The molecule has 1 amide bonds. The van der Waals surface area contributed by atoms with Crippen LogP contribution in [0, 0.1) is 6.92 Å². The summed E-state index contributed by atoms with van der Waals surface area (Å²) in [6, 6.07) is 14.4. The summed E-state index contributed by atoms with van der Waals surface area (Å²) in [6.45, 7) is 2.56. The summed E-state index contributed by atoms with van der Waals surface area (Å²) in [6.07, 6.45) is 3.21. The van der Waals surface area contributed by atoms with Crippen molar-refractivity contribution in [2.24, 2.45) is 0 Å². The molecule has 0 spiro atoms. The van der Waals surface area contributed by atoms with Crippen LogP contribution < -0.4 is 20.1 Å². The van der Waals surface area contributed by atoms with E-state index in [2.05, 4.69) is 20.6 Å². The number of fused-ring (bicyclic) bond motifs is 1. The summed E-state index contributed by atoms with van der Waals surface area (Å²) in [5, 5.41) is 6.84. The van der Waals surface area contributed by atoms with E-state index in [4.69, 9.17) is 9.47 Å². The summed E-state index contributed by atoms with van der Waals surface area (Å²) < 4.78 is 12.7. The molecular formula is C23H23N5O3. The highest BCUT2D eigenvalue weighted by Crippen LogP contribution is 2.26. The number of hydrogen-bond acceptors (Lipinski definition) is 6. The standard InChI is InChI=1S/C23H23N5O3/c1-15-10-17(4-7-21(15)30-3)27-23(29)28-9-8-16-11-19(5-6-20(16)28)31-22-12-18(13-24-2)25-14-26-22/h4-12,14,24H,13H2,1-3H3,(H,27,29). The molecule has 2 aromatic heterocycles. The van der Waals surface area contributed by atoms with E-state index in [1.165, 1.54) is 6.33 Å². The molecule has 8 nitrogen and oxygen atoms in total. The van der Waals surface area contributed by atoms with Gasteiger partial charge in [-0.3, -0.25) is 4.57 Å². The fraction of sp³-hybridized carbons (Fsp3) is 0.174. The van der Waals surface area contributed by atoms with Crippen molar-refractivity contribution in [2.45, 2.75) is 13.5 Å². The van der Waals surface area contributed by atoms with Crippen LogP contribution in [0.15, 0.2) is 61.1 Å². The minimum atomic E-state index is -0.249. The highest BCUT2D eigenvalue weighted by atomic mass is 16.5. The number of aromatic nitrogens is 3. The molecular weight excluding hydrogens is 394 g/mol. The lowest BCUT2D eigenvalue weighted by Crippen LogP contribution is -2.18. The molecule has 0 aliphatic rings. The first-order valence-electron chi connectivity index (χ1n) is 9.78. The number of nitrogens with one attached hydrogen (secondary N) is 2. The molecule has 0 fully saturated rings. The topological polar surface area (TPSA) is 90.3 Å². The Balaban J connectivity index is 1.52. The molecule has 0 bridgehead atoms. The molecule has 0 aliphatic heterocycles. The zero-order chi connectivity index (χ0) is 21.8. The molecule has 8 heteroatoms. The summed E-state index contributed by atoms with van der Waals surface area (Å²) in [7, 11) is 3.48. The van der Waals surface area contributed by atoms with Crippen LogP contribution in [-0.2, 0) is 6.54 Å². The van der Waals surface area contributed by atoms with E-state index in [9.17, 15) is 4.79 Å². The van der Waals surface area contributed by atoms with Crippen molar-refractivity contribution in [1.29, 1.82) is 0 Å². The van der Waals surface area contributed by atoms with Crippen LogP contribution in [0.25, 0.3) is 10.9 Å². The minimum absolute atomic E-state index is 0.249. The normalized spacial score (nSPS) is 10.8. The molecule has 0 atom stereocenters. The number of hydrogen-bond donors (Lipinski definition) is 2. The average molecular weight is 417 g/mol. The number of anilines is 1. The Morgan fingerprint density at radius 2 is 1.97 bits per heavy atom. The van der Waals surface area contributed by atoms with Crippen LogP contribution in [0.4, 0.5) is 10.5 Å². The molecule has 4 rings (SSSR count). The molecule has 158 valence electrons. The minimum Gasteiger partial charge on any atom is -0.496 e. The second kappa shape index (κ2) is 8.85. The van der Waals surface area contributed by atoms with Crippen LogP contribution in [0.2, 0.25) is 0 Å². The van der Waals surface area contributed by atoms with Gasteiger partial charge in [-0.25, -0.2) is 14.8 Å². The van der Waals surface area contributed by atoms with Gasteiger partial charge in [-0.1, -0.05) is 0 Å². The summed E-state index contributed by atoms with van der Waals surface area (Å²) >= 11 is 0. The van der Waals surface area contributed by atoms with E-state index in [-0.39, 0.29) is 6.03 Å². The Bertz CT molecular complexity index is 1240. The van der Waals surface area contributed by atoms with Crippen molar-refractivity contribution in [3.05, 3.63) is 72.3 Å². The number of benzene rings is 2.